The van der Waals surface area contributed by atoms with Crippen molar-refractivity contribution in [2.75, 3.05) is 38.6 Å². The van der Waals surface area contributed by atoms with Crippen molar-refractivity contribution >= 4 is 23.2 Å². The second kappa shape index (κ2) is 7.89. The summed E-state index contributed by atoms with van der Waals surface area (Å²) in [7, 11) is 0. The first-order valence-electron chi connectivity index (χ1n) is 9.38. The molecule has 0 saturated carbocycles. The summed E-state index contributed by atoms with van der Waals surface area (Å²) in [5, 5.41) is 3.73. The minimum absolute atomic E-state index is 0.0336. The summed E-state index contributed by atoms with van der Waals surface area (Å²) < 4.78 is 5.41. The number of hydrogen-bond acceptors (Lipinski definition) is 4. The molecule has 27 heavy (non-hydrogen) atoms. The number of halogens is 1. The number of ether oxygens (including phenoxy) is 1. The zero-order valence-electron chi connectivity index (χ0n) is 15.2. The number of fused-ring (bicyclic) bond motifs is 1. The molecule has 2 heterocycles. The van der Waals surface area contributed by atoms with Gasteiger partial charge in [0.05, 0.1) is 25.2 Å². The molecule has 0 radical (unpaired) electrons. The number of rotatable bonds is 4. The lowest BCUT2D eigenvalue weighted by molar-refractivity contribution is -0.124. The molecule has 0 spiro atoms. The van der Waals surface area contributed by atoms with Crippen molar-refractivity contribution in [2.24, 2.45) is 0 Å². The molecule has 142 valence electrons. The summed E-state index contributed by atoms with van der Waals surface area (Å²) in [6.45, 7) is 4.26. The summed E-state index contributed by atoms with van der Waals surface area (Å²) in [5.41, 5.74) is 9.69. The van der Waals surface area contributed by atoms with Crippen molar-refractivity contribution in [1.82, 2.24) is 10.2 Å². The van der Waals surface area contributed by atoms with Crippen molar-refractivity contribution in [3.05, 3.63) is 64.2 Å². The fourth-order valence-corrected chi connectivity index (χ4v) is 4.35. The summed E-state index contributed by atoms with van der Waals surface area (Å²) in [6, 6.07) is 13.2. The van der Waals surface area contributed by atoms with Crippen LogP contribution in [0.3, 0.4) is 0 Å². The zero-order valence-corrected chi connectivity index (χ0v) is 15.9. The Labute approximate surface area is 164 Å². The van der Waals surface area contributed by atoms with Gasteiger partial charge in [-0.2, -0.15) is 0 Å². The normalized spacial score (nSPS) is 22.9. The number of amides is 1. The van der Waals surface area contributed by atoms with Crippen molar-refractivity contribution in [2.45, 2.75) is 18.4 Å². The molecule has 5 nitrogen and oxygen atoms in total. The van der Waals surface area contributed by atoms with E-state index in [1.165, 1.54) is 0 Å². The van der Waals surface area contributed by atoms with Crippen molar-refractivity contribution in [1.29, 1.82) is 0 Å². The maximum absolute atomic E-state index is 13.0. The number of nitrogens with one attached hydrogen (secondary N) is 1. The highest BCUT2D eigenvalue weighted by molar-refractivity contribution is 6.31. The van der Waals surface area contributed by atoms with E-state index in [1.54, 1.807) is 0 Å². The van der Waals surface area contributed by atoms with E-state index in [2.05, 4.69) is 22.3 Å². The van der Waals surface area contributed by atoms with Gasteiger partial charge in [-0.15, -0.1) is 0 Å². The van der Waals surface area contributed by atoms with Crippen molar-refractivity contribution < 1.29 is 9.53 Å². The molecule has 2 aliphatic heterocycles. The van der Waals surface area contributed by atoms with Crippen LogP contribution in [-0.4, -0.2) is 43.7 Å². The van der Waals surface area contributed by atoms with Crippen LogP contribution in [0.5, 0.6) is 0 Å². The number of benzene rings is 2. The lowest BCUT2D eigenvalue weighted by atomic mass is 9.81. The van der Waals surface area contributed by atoms with Gasteiger partial charge in [0.15, 0.2) is 0 Å². The lowest BCUT2D eigenvalue weighted by Crippen LogP contribution is -2.42. The summed E-state index contributed by atoms with van der Waals surface area (Å²) >= 11 is 6.43. The van der Waals surface area contributed by atoms with Gasteiger partial charge in [-0.05, 0) is 36.2 Å². The molecule has 0 aliphatic carbocycles. The third-order valence-corrected chi connectivity index (χ3v) is 5.83. The van der Waals surface area contributed by atoms with E-state index < -0.39 is 0 Å². The lowest BCUT2D eigenvalue weighted by Gasteiger charge is -2.34. The molecule has 2 atom stereocenters. The molecule has 1 saturated heterocycles. The van der Waals surface area contributed by atoms with Crippen LogP contribution in [0.25, 0.3) is 0 Å². The van der Waals surface area contributed by atoms with Crippen molar-refractivity contribution in [3.63, 3.8) is 0 Å². The minimum atomic E-state index is -0.318. The van der Waals surface area contributed by atoms with Gasteiger partial charge in [-0.3, -0.25) is 9.69 Å². The molecule has 1 amide bonds. The van der Waals surface area contributed by atoms with Gasteiger partial charge >= 0.3 is 0 Å². The second-order valence-electron chi connectivity index (χ2n) is 7.11. The average molecular weight is 386 g/mol. The number of carbonyl (C=O) groups excluding carboxylic acids is 1. The highest BCUT2D eigenvalue weighted by atomic mass is 35.5. The number of nitrogen functional groups attached to an aromatic ring is 1. The van der Waals surface area contributed by atoms with Gasteiger partial charge in [-0.25, -0.2) is 0 Å². The largest absolute Gasteiger partial charge is 0.398 e. The van der Waals surface area contributed by atoms with E-state index in [0.29, 0.717) is 10.7 Å². The molecule has 1 fully saturated rings. The summed E-state index contributed by atoms with van der Waals surface area (Å²) in [5.74, 6) is -0.129. The fourth-order valence-electron chi connectivity index (χ4n) is 4.06. The van der Waals surface area contributed by atoms with Crippen LogP contribution >= 0.6 is 11.6 Å². The topological polar surface area (TPSA) is 67.6 Å². The smallest absolute Gasteiger partial charge is 0.228 e. The Hall–Kier alpha value is -2.08. The number of nitrogens with two attached hydrogens (primary N) is 1. The first-order valence-corrected chi connectivity index (χ1v) is 9.76. The quantitative estimate of drug-likeness (QED) is 0.794. The Balaban J connectivity index is 1.63. The highest BCUT2D eigenvalue weighted by Crippen LogP contribution is 2.40. The van der Waals surface area contributed by atoms with E-state index >= 15 is 0 Å². The number of nitrogens with zero attached hydrogens (tertiary/aromatic N) is 1. The molecule has 2 aliphatic rings. The van der Waals surface area contributed by atoms with Crippen LogP contribution in [0.4, 0.5) is 5.69 Å². The minimum Gasteiger partial charge on any atom is -0.398 e. The molecule has 0 bridgehead atoms. The number of hydrogen-bond donors (Lipinski definition) is 2. The van der Waals surface area contributed by atoms with Gasteiger partial charge in [0.2, 0.25) is 5.91 Å². The maximum Gasteiger partial charge on any atom is 0.228 e. The SMILES string of the molecule is Nc1cccc(Cl)c1C1NC(=O)C(CCN2CCOCC2)c2ccccc21. The van der Waals surface area contributed by atoms with Crippen LogP contribution in [-0.2, 0) is 9.53 Å². The Morgan fingerprint density at radius 1 is 1.11 bits per heavy atom. The van der Waals surface area contributed by atoms with Crippen LogP contribution in [0.1, 0.15) is 35.1 Å². The molecular weight excluding hydrogens is 362 g/mol. The van der Waals surface area contributed by atoms with E-state index in [1.807, 2.05) is 30.3 Å². The van der Waals surface area contributed by atoms with E-state index in [4.69, 9.17) is 22.1 Å². The van der Waals surface area contributed by atoms with Crippen LogP contribution in [0.15, 0.2) is 42.5 Å². The molecule has 0 aromatic heterocycles. The summed E-state index contributed by atoms with van der Waals surface area (Å²) in [4.78, 5) is 15.4. The highest BCUT2D eigenvalue weighted by Gasteiger charge is 2.35. The van der Waals surface area contributed by atoms with E-state index in [0.717, 1.165) is 56.0 Å². The van der Waals surface area contributed by atoms with E-state index in [-0.39, 0.29) is 17.9 Å². The van der Waals surface area contributed by atoms with Crippen molar-refractivity contribution in [3.8, 4) is 0 Å². The molecule has 3 N–H and O–H groups in total. The molecule has 4 rings (SSSR count). The third-order valence-electron chi connectivity index (χ3n) is 5.50. The van der Waals surface area contributed by atoms with Gasteiger partial charge in [-0.1, -0.05) is 41.9 Å². The zero-order chi connectivity index (χ0) is 18.8. The maximum atomic E-state index is 13.0. The Kier molecular flexibility index (Phi) is 5.34. The fraction of sp³-hybridized carbons (Fsp3) is 0.381. The van der Waals surface area contributed by atoms with Crippen LogP contribution < -0.4 is 11.1 Å². The Morgan fingerprint density at radius 2 is 1.85 bits per heavy atom. The predicted octanol–water partition coefficient (Wildman–Crippen LogP) is 2.95. The van der Waals surface area contributed by atoms with Crippen LogP contribution in [0.2, 0.25) is 5.02 Å². The average Bonchev–Trinajstić information content (AvgIpc) is 2.68. The van der Waals surface area contributed by atoms with Gasteiger partial charge in [0.1, 0.15) is 0 Å². The monoisotopic (exact) mass is 385 g/mol. The number of carbonyl (C=O) groups is 1. The Morgan fingerprint density at radius 3 is 2.59 bits per heavy atom. The Bertz CT molecular complexity index is 816. The number of anilines is 1. The molecule has 6 heteroatoms. The first-order chi connectivity index (χ1) is 13.1. The molecule has 2 aromatic rings. The molecule has 2 aromatic carbocycles. The third kappa shape index (κ3) is 3.68. The van der Waals surface area contributed by atoms with Crippen LogP contribution in [0, 0.1) is 0 Å². The second-order valence-corrected chi connectivity index (χ2v) is 7.52. The standard InChI is InChI=1S/C21H24ClN3O2/c22-17-6-3-7-18(23)19(17)20-15-5-2-1-4-14(15)16(21(26)24-20)8-9-25-10-12-27-13-11-25/h1-7,16,20H,8-13,23H2,(H,24,26). The molecular formula is C21H24ClN3O2. The van der Waals surface area contributed by atoms with Gasteiger partial charge in [0, 0.05) is 29.4 Å². The van der Waals surface area contributed by atoms with E-state index in [9.17, 15) is 4.79 Å². The molecule has 2 unspecified atom stereocenters. The predicted molar refractivity (Wildman–Crippen MR) is 107 cm³/mol. The van der Waals surface area contributed by atoms with Gasteiger partial charge < -0.3 is 15.8 Å². The first kappa shape index (κ1) is 18.3. The number of morpholine rings is 1. The van der Waals surface area contributed by atoms with Gasteiger partial charge in [0.25, 0.3) is 0 Å². The summed E-state index contributed by atoms with van der Waals surface area (Å²) in [6.07, 6.45) is 0.785.